The first-order valence-electron chi connectivity index (χ1n) is 5.90. The molecule has 1 saturated carbocycles. The molecule has 1 fully saturated rings. The van der Waals surface area contributed by atoms with Gasteiger partial charge in [0.2, 0.25) is 0 Å². The highest BCUT2D eigenvalue weighted by molar-refractivity contribution is 7.17. The summed E-state index contributed by atoms with van der Waals surface area (Å²) in [4.78, 5) is 18.4. The summed E-state index contributed by atoms with van der Waals surface area (Å²) in [5.74, 6) is 0.832. The second kappa shape index (κ2) is 4.95. The second-order valence-corrected chi connectivity index (χ2v) is 5.47. The average molecular weight is 238 g/mol. The van der Waals surface area contributed by atoms with E-state index in [4.69, 9.17) is 0 Å². The van der Waals surface area contributed by atoms with Gasteiger partial charge in [-0.15, -0.1) is 0 Å². The third kappa shape index (κ3) is 2.26. The molecule has 1 heterocycles. The zero-order valence-electron chi connectivity index (χ0n) is 9.90. The summed E-state index contributed by atoms with van der Waals surface area (Å²) in [6, 6.07) is 0. The molecule has 0 unspecified atom stereocenters. The van der Waals surface area contributed by atoms with Gasteiger partial charge in [-0.05, 0) is 25.2 Å². The number of carbonyl (C=O) groups is 1. The highest BCUT2D eigenvalue weighted by atomic mass is 32.1. The molecule has 0 atom stereocenters. The first kappa shape index (κ1) is 11.6. The molecule has 0 aliphatic heterocycles. The van der Waals surface area contributed by atoms with Crippen molar-refractivity contribution in [3.8, 4) is 0 Å². The molecule has 0 amide bonds. The number of nitrogens with zero attached hydrogens (tertiary/aromatic N) is 2. The number of rotatable bonds is 5. The molecule has 2 rings (SSSR count). The SMILES string of the molecule is CCc1nc(N(C)CC2CCC2)sc1C=O. The van der Waals surface area contributed by atoms with Crippen molar-refractivity contribution >= 4 is 22.8 Å². The fraction of sp³-hybridized carbons (Fsp3) is 0.667. The summed E-state index contributed by atoms with van der Waals surface area (Å²) in [6.07, 6.45) is 5.82. The molecule has 0 aromatic carbocycles. The fourth-order valence-corrected chi connectivity index (χ4v) is 2.94. The summed E-state index contributed by atoms with van der Waals surface area (Å²) >= 11 is 1.52. The van der Waals surface area contributed by atoms with Crippen molar-refractivity contribution < 1.29 is 4.79 Å². The molecule has 88 valence electrons. The summed E-state index contributed by atoms with van der Waals surface area (Å²) < 4.78 is 0. The second-order valence-electron chi connectivity index (χ2n) is 4.46. The molecule has 0 N–H and O–H groups in total. The van der Waals surface area contributed by atoms with Crippen LogP contribution in [-0.4, -0.2) is 24.9 Å². The molecule has 4 heteroatoms. The van der Waals surface area contributed by atoms with Gasteiger partial charge < -0.3 is 4.90 Å². The van der Waals surface area contributed by atoms with E-state index < -0.39 is 0 Å². The number of carbonyl (C=O) groups excluding carboxylic acids is 1. The van der Waals surface area contributed by atoms with Crippen LogP contribution < -0.4 is 4.90 Å². The van der Waals surface area contributed by atoms with Crippen LogP contribution in [0.25, 0.3) is 0 Å². The Balaban J connectivity index is 2.06. The van der Waals surface area contributed by atoms with E-state index in [9.17, 15) is 4.79 Å². The van der Waals surface area contributed by atoms with Crippen LogP contribution in [-0.2, 0) is 6.42 Å². The van der Waals surface area contributed by atoms with Gasteiger partial charge in [0.25, 0.3) is 0 Å². The van der Waals surface area contributed by atoms with Crippen LogP contribution in [0.5, 0.6) is 0 Å². The normalized spacial score (nSPS) is 15.9. The minimum atomic E-state index is 0.790. The summed E-state index contributed by atoms with van der Waals surface area (Å²) in [5, 5.41) is 0.992. The van der Waals surface area contributed by atoms with Gasteiger partial charge in [0.1, 0.15) is 0 Å². The molecule has 0 radical (unpaired) electrons. The summed E-state index contributed by atoms with van der Waals surface area (Å²) in [5.41, 5.74) is 0.940. The fourth-order valence-electron chi connectivity index (χ4n) is 2.00. The quantitative estimate of drug-likeness (QED) is 0.740. The van der Waals surface area contributed by atoms with Gasteiger partial charge in [-0.1, -0.05) is 24.7 Å². The summed E-state index contributed by atoms with van der Waals surface area (Å²) in [6.45, 7) is 3.12. The van der Waals surface area contributed by atoms with Crippen molar-refractivity contribution in [2.24, 2.45) is 5.92 Å². The van der Waals surface area contributed by atoms with E-state index >= 15 is 0 Å². The Bertz CT molecular complexity index is 371. The third-order valence-corrected chi connectivity index (χ3v) is 4.38. The van der Waals surface area contributed by atoms with Crippen LogP contribution >= 0.6 is 11.3 Å². The van der Waals surface area contributed by atoms with Crippen molar-refractivity contribution in [3.63, 3.8) is 0 Å². The number of anilines is 1. The molecule has 0 bridgehead atoms. The average Bonchev–Trinajstić information content (AvgIpc) is 2.66. The number of hydrogen-bond donors (Lipinski definition) is 0. The van der Waals surface area contributed by atoms with Gasteiger partial charge in [0.15, 0.2) is 11.4 Å². The molecule has 0 spiro atoms. The Morgan fingerprint density at radius 1 is 1.56 bits per heavy atom. The smallest absolute Gasteiger partial charge is 0.185 e. The number of hydrogen-bond acceptors (Lipinski definition) is 4. The van der Waals surface area contributed by atoms with Gasteiger partial charge in [-0.2, -0.15) is 0 Å². The number of aryl methyl sites for hydroxylation is 1. The maximum absolute atomic E-state index is 10.9. The molecule has 1 aliphatic carbocycles. The monoisotopic (exact) mass is 238 g/mol. The van der Waals surface area contributed by atoms with Crippen molar-refractivity contribution in [1.29, 1.82) is 0 Å². The first-order valence-corrected chi connectivity index (χ1v) is 6.72. The molecular weight excluding hydrogens is 220 g/mol. The van der Waals surface area contributed by atoms with E-state index in [0.29, 0.717) is 0 Å². The van der Waals surface area contributed by atoms with E-state index in [1.165, 1.54) is 30.6 Å². The van der Waals surface area contributed by atoms with Crippen LogP contribution in [0.1, 0.15) is 41.6 Å². The highest BCUT2D eigenvalue weighted by Crippen LogP contribution is 2.30. The van der Waals surface area contributed by atoms with E-state index in [0.717, 1.165) is 40.9 Å². The van der Waals surface area contributed by atoms with Gasteiger partial charge in [-0.3, -0.25) is 4.79 Å². The lowest BCUT2D eigenvalue weighted by Gasteiger charge is -2.29. The number of aldehydes is 1. The Morgan fingerprint density at radius 2 is 2.31 bits per heavy atom. The Hall–Kier alpha value is -0.900. The van der Waals surface area contributed by atoms with Crippen molar-refractivity contribution in [1.82, 2.24) is 4.98 Å². The van der Waals surface area contributed by atoms with Gasteiger partial charge >= 0.3 is 0 Å². The lowest BCUT2D eigenvalue weighted by molar-refractivity contribution is 0.112. The van der Waals surface area contributed by atoms with Crippen molar-refractivity contribution in [3.05, 3.63) is 10.6 Å². The minimum Gasteiger partial charge on any atom is -0.351 e. The predicted molar refractivity (Wildman–Crippen MR) is 67.5 cm³/mol. The zero-order chi connectivity index (χ0) is 11.5. The van der Waals surface area contributed by atoms with Crippen LogP contribution in [0.4, 0.5) is 5.13 Å². The van der Waals surface area contributed by atoms with Crippen LogP contribution in [0.2, 0.25) is 0 Å². The van der Waals surface area contributed by atoms with Gasteiger partial charge in [0.05, 0.1) is 10.6 Å². The molecule has 3 nitrogen and oxygen atoms in total. The molecule has 1 aliphatic rings. The molecule has 1 aromatic heterocycles. The minimum absolute atomic E-state index is 0.790. The largest absolute Gasteiger partial charge is 0.351 e. The third-order valence-electron chi connectivity index (χ3n) is 3.24. The van der Waals surface area contributed by atoms with Crippen LogP contribution in [0, 0.1) is 5.92 Å². The number of aromatic nitrogens is 1. The molecule has 1 aromatic rings. The van der Waals surface area contributed by atoms with Crippen LogP contribution in [0.3, 0.4) is 0 Å². The molecule has 0 saturated heterocycles. The molecule has 16 heavy (non-hydrogen) atoms. The Morgan fingerprint density at radius 3 is 2.75 bits per heavy atom. The van der Waals surface area contributed by atoms with Crippen LogP contribution in [0.15, 0.2) is 0 Å². The zero-order valence-corrected chi connectivity index (χ0v) is 10.7. The van der Waals surface area contributed by atoms with E-state index in [1.807, 2.05) is 6.92 Å². The van der Waals surface area contributed by atoms with Gasteiger partial charge in [0, 0.05) is 13.6 Å². The standard InChI is InChI=1S/C12H18N2OS/c1-3-10-11(8-15)16-12(13-10)14(2)7-9-5-4-6-9/h8-9H,3-7H2,1-2H3. The highest BCUT2D eigenvalue weighted by Gasteiger charge is 2.21. The maximum atomic E-state index is 10.9. The van der Waals surface area contributed by atoms with E-state index in [1.54, 1.807) is 0 Å². The van der Waals surface area contributed by atoms with Crippen molar-refractivity contribution in [2.45, 2.75) is 32.6 Å². The Labute approximate surface area is 100 Å². The predicted octanol–water partition coefficient (Wildman–Crippen LogP) is 2.75. The van der Waals surface area contributed by atoms with E-state index in [2.05, 4.69) is 16.9 Å². The topological polar surface area (TPSA) is 33.2 Å². The summed E-state index contributed by atoms with van der Waals surface area (Å²) in [7, 11) is 2.07. The maximum Gasteiger partial charge on any atom is 0.185 e. The number of thiazole rings is 1. The lowest BCUT2D eigenvalue weighted by Crippen LogP contribution is -2.29. The first-order chi connectivity index (χ1) is 7.74. The Kier molecular flexibility index (Phi) is 3.59. The lowest BCUT2D eigenvalue weighted by atomic mass is 9.85. The van der Waals surface area contributed by atoms with E-state index in [-0.39, 0.29) is 0 Å². The van der Waals surface area contributed by atoms with Crippen molar-refractivity contribution in [2.75, 3.05) is 18.5 Å². The molecular formula is C12H18N2OS. The van der Waals surface area contributed by atoms with Gasteiger partial charge in [-0.25, -0.2) is 4.98 Å².